The number of hydrogen-bond acceptors (Lipinski definition) is 3. The van der Waals surface area contributed by atoms with Gasteiger partial charge in [-0.3, -0.25) is 9.20 Å². The van der Waals surface area contributed by atoms with Gasteiger partial charge < -0.3 is 15.2 Å². The predicted molar refractivity (Wildman–Crippen MR) is 103 cm³/mol. The minimum absolute atomic E-state index is 0.0494. The van der Waals surface area contributed by atoms with Gasteiger partial charge in [0.15, 0.2) is 0 Å². The van der Waals surface area contributed by atoms with Crippen LogP contribution in [0.3, 0.4) is 0 Å². The van der Waals surface area contributed by atoms with Crippen molar-refractivity contribution in [3.05, 3.63) is 54.1 Å². The number of amides is 1. The summed E-state index contributed by atoms with van der Waals surface area (Å²) in [7, 11) is 1.85. The number of alkyl halides is 2. The number of carbonyl (C=O) groups is 1. The molecule has 3 aromatic rings. The number of anilines is 1. The molecule has 3 aromatic heterocycles. The van der Waals surface area contributed by atoms with Crippen molar-refractivity contribution in [3.8, 4) is 0 Å². The molecule has 4 rings (SSSR count). The van der Waals surface area contributed by atoms with E-state index in [1.54, 1.807) is 10.5 Å². The van der Waals surface area contributed by atoms with Gasteiger partial charge in [-0.05, 0) is 49.9 Å². The molecule has 0 aromatic carbocycles. The predicted octanol–water partition coefficient (Wildman–Crippen LogP) is 3.76. The van der Waals surface area contributed by atoms with Crippen LogP contribution in [-0.2, 0) is 7.05 Å². The first-order valence-corrected chi connectivity index (χ1v) is 9.46. The van der Waals surface area contributed by atoms with Gasteiger partial charge in [-0.25, -0.2) is 13.8 Å². The lowest BCUT2D eigenvalue weighted by Gasteiger charge is -2.30. The fraction of sp³-hybridized carbons (Fsp3) is 0.400. The van der Waals surface area contributed by atoms with Crippen molar-refractivity contribution >= 4 is 17.4 Å². The number of aromatic nitrogens is 3. The van der Waals surface area contributed by atoms with Crippen LogP contribution in [-0.4, -0.2) is 31.9 Å². The van der Waals surface area contributed by atoms with Crippen LogP contribution in [0.25, 0.3) is 5.65 Å². The average molecular weight is 387 g/mol. The summed E-state index contributed by atoms with van der Waals surface area (Å²) in [5, 5.41) is 6.55. The van der Waals surface area contributed by atoms with Gasteiger partial charge in [-0.2, -0.15) is 0 Å². The molecule has 1 saturated carbocycles. The first-order chi connectivity index (χ1) is 13.5. The third-order valence-electron chi connectivity index (χ3n) is 5.33. The summed E-state index contributed by atoms with van der Waals surface area (Å²) in [4.78, 5) is 16.3. The van der Waals surface area contributed by atoms with Crippen molar-refractivity contribution in [2.45, 2.75) is 44.2 Å². The van der Waals surface area contributed by atoms with Crippen LogP contribution in [0.2, 0.25) is 0 Å². The highest BCUT2D eigenvalue weighted by Gasteiger charge is 2.24. The van der Waals surface area contributed by atoms with Crippen molar-refractivity contribution in [3.63, 3.8) is 0 Å². The molecule has 0 unspecified atom stereocenters. The number of fused-ring (bicyclic) bond motifs is 1. The standard InChI is InChI=1S/C20H23F2N5O/c1-26-11-3-4-16(26)20(28)24-14-9-7-13(8-10-14)23-17-5-2-6-18-25-15(19(21)22)12-27(17)18/h2-6,11-14,19,23H,7-10H2,1H3,(H,24,28). The number of halogens is 2. The zero-order valence-corrected chi connectivity index (χ0v) is 15.6. The van der Waals surface area contributed by atoms with E-state index in [0.29, 0.717) is 11.3 Å². The lowest BCUT2D eigenvalue weighted by atomic mass is 9.91. The Hall–Kier alpha value is -2.90. The number of nitrogens with one attached hydrogen (secondary N) is 2. The van der Waals surface area contributed by atoms with E-state index < -0.39 is 6.43 Å². The normalized spacial score (nSPS) is 19.9. The van der Waals surface area contributed by atoms with Crippen LogP contribution in [0.4, 0.5) is 14.6 Å². The largest absolute Gasteiger partial charge is 0.368 e. The SMILES string of the molecule is Cn1cccc1C(=O)NC1CCC(Nc2cccc3nc(C(F)F)cn23)CC1. The van der Waals surface area contributed by atoms with Crippen molar-refractivity contribution in [2.75, 3.05) is 5.32 Å². The van der Waals surface area contributed by atoms with Crippen molar-refractivity contribution in [2.24, 2.45) is 7.05 Å². The van der Waals surface area contributed by atoms with Crippen LogP contribution >= 0.6 is 0 Å². The Kier molecular flexibility index (Phi) is 5.02. The maximum absolute atomic E-state index is 12.9. The van der Waals surface area contributed by atoms with Crippen LogP contribution in [0.5, 0.6) is 0 Å². The lowest BCUT2D eigenvalue weighted by molar-refractivity contribution is 0.0918. The summed E-state index contributed by atoms with van der Waals surface area (Å²) in [6, 6.07) is 9.43. The molecule has 0 aliphatic heterocycles. The molecule has 28 heavy (non-hydrogen) atoms. The van der Waals surface area contributed by atoms with Gasteiger partial charge in [0.05, 0.1) is 0 Å². The van der Waals surface area contributed by atoms with E-state index in [2.05, 4.69) is 15.6 Å². The molecule has 3 heterocycles. The number of aryl methyl sites for hydroxylation is 1. The maximum atomic E-state index is 12.9. The first kappa shape index (κ1) is 18.5. The minimum Gasteiger partial charge on any atom is -0.368 e. The van der Waals surface area contributed by atoms with Crippen LogP contribution in [0.1, 0.15) is 48.3 Å². The van der Waals surface area contributed by atoms with Crippen LogP contribution < -0.4 is 10.6 Å². The quantitative estimate of drug-likeness (QED) is 0.701. The molecule has 0 bridgehead atoms. The van der Waals surface area contributed by atoms with E-state index in [1.807, 2.05) is 42.1 Å². The molecule has 2 N–H and O–H groups in total. The summed E-state index contributed by atoms with van der Waals surface area (Å²) >= 11 is 0. The molecule has 8 heteroatoms. The van der Waals surface area contributed by atoms with E-state index >= 15 is 0 Å². The van der Waals surface area contributed by atoms with Crippen molar-refractivity contribution in [1.29, 1.82) is 0 Å². The Bertz CT molecular complexity index is 972. The Morgan fingerprint density at radius 3 is 2.57 bits per heavy atom. The average Bonchev–Trinajstić information content (AvgIpc) is 3.30. The Labute approximate surface area is 161 Å². The van der Waals surface area contributed by atoms with Crippen LogP contribution in [0, 0.1) is 0 Å². The zero-order chi connectivity index (χ0) is 19.7. The summed E-state index contributed by atoms with van der Waals surface area (Å²) < 4.78 is 29.4. The molecule has 1 fully saturated rings. The highest BCUT2D eigenvalue weighted by atomic mass is 19.3. The number of rotatable bonds is 5. The van der Waals surface area contributed by atoms with E-state index in [4.69, 9.17) is 0 Å². The van der Waals surface area contributed by atoms with Gasteiger partial charge in [-0.15, -0.1) is 0 Å². The Morgan fingerprint density at radius 2 is 1.89 bits per heavy atom. The summed E-state index contributed by atoms with van der Waals surface area (Å²) in [6.07, 6.45) is 4.18. The monoisotopic (exact) mass is 387 g/mol. The molecular weight excluding hydrogens is 364 g/mol. The topological polar surface area (TPSA) is 63.4 Å². The second-order valence-corrected chi connectivity index (χ2v) is 7.28. The Balaban J connectivity index is 1.36. The van der Waals surface area contributed by atoms with E-state index in [-0.39, 0.29) is 23.7 Å². The third-order valence-corrected chi connectivity index (χ3v) is 5.33. The minimum atomic E-state index is -2.59. The third kappa shape index (κ3) is 3.72. The molecule has 6 nitrogen and oxygen atoms in total. The fourth-order valence-electron chi connectivity index (χ4n) is 3.80. The second-order valence-electron chi connectivity index (χ2n) is 7.28. The number of hydrogen-bond donors (Lipinski definition) is 2. The molecule has 1 aliphatic rings. The van der Waals surface area contributed by atoms with Gasteiger partial charge in [0.1, 0.15) is 22.9 Å². The summed E-state index contributed by atoms with van der Waals surface area (Å²) in [5.41, 5.74) is 0.937. The molecule has 0 saturated heterocycles. The molecule has 1 aliphatic carbocycles. The van der Waals surface area contributed by atoms with E-state index in [9.17, 15) is 13.6 Å². The number of carbonyl (C=O) groups excluding carboxylic acids is 1. The molecule has 0 spiro atoms. The van der Waals surface area contributed by atoms with E-state index in [1.165, 1.54) is 6.20 Å². The Morgan fingerprint density at radius 1 is 1.14 bits per heavy atom. The van der Waals surface area contributed by atoms with Gasteiger partial charge in [0.2, 0.25) is 0 Å². The van der Waals surface area contributed by atoms with Gasteiger partial charge in [0.25, 0.3) is 12.3 Å². The van der Waals surface area contributed by atoms with Gasteiger partial charge in [0, 0.05) is 31.5 Å². The molecule has 148 valence electrons. The molecular formula is C20H23F2N5O. The first-order valence-electron chi connectivity index (χ1n) is 9.46. The zero-order valence-electron chi connectivity index (χ0n) is 15.6. The highest BCUT2D eigenvalue weighted by molar-refractivity contribution is 5.92. The van der Waals surface area contributed by atoms with Crippen LogP contribution in [0.15, 0.2) is 42.7 Å². The number of imidazole rings is 1. The van der Waals surface area contributed by atoms with Crippen molar-refractivity contribution in [1.82, 2.24) is 19.3 Å². The molecule has 1 amide bonds. The fourth-order valence-corrected chi connectivity index (χ4v) is 3.80. The van der Waals surface area contributed by atoms with E-state index in [0.717, 1.165) is 31.5 Å². The molecule has 0 atom stereocenters. The van der Waals surface area contributed by atoms with Gasteiger partial charge in [-0.1, -0.05) is 6.07 Å². The number of nitrogens with zero attached hydrogens (tertiary/aromatic N) is 3. The molecule has 0 radical (unpaired) electrons. The van der Waals surface area contributed by atoms with Crippen molar-refractivity contribution < 1.29 is 13.6 Å². The highest BCUT2D eigenvalue weighted by Crippen LogP contribution is 2.25. The second kappa shape index (κ2) is 7.61. The summed E-state index contributed by atoms with van der Waals surface area (Å²) in [6.45, 7) is 0. The lowest BCUT2D eigenvalue weighted by Crippen LogP contribution is -2.40. The van der Waals surface area contributed by atoms with Gasteiger partial charge >= 0.3 is 0 Å². The number of pyridine rings is 1. The smallest absolute Gasteiger partial charge is 0.281 e. The maximum Gasteiger partial charge on any atom is 0.281 e. The summed E-state index contributed by atoms with van der Waals surface area (Å²) in [5.74, 6) is 0.708.